The summed E-state index contributed by atoms with van der Waals surface area (Å²) in [4.78, 5) is 25.5. The molecule has 1 aromatic rings. The van der Waals surface area contributed by atoms with Crippen LogP contribution in [0.5, 0.6) is 0 Å². The lowest BCUT2D eigenvalue weighted by Gasteiger charge is -2.33. The Morgan fingerprint density at radius 1 is 1.39 bits per heavy atom. The lowest BCUT2D eigenvalue weighted by Crippen LogP contribution is -2.48. The number of hydrogen-bond acceptors (Lipinski definition) is 2. The molecule has 0 aromatic heterocycles. The molecule has 1 unspecified atom stereocenters. The molecule has 3 nitrogen and oxygen atoms in total. The normalized spacial score (nSPS) is 22.8. The number of hydrogen-bond donors (Lipinski definition) is 0. The number of nitrogens with zero attached hydrogens (tertiary/aromatic N) is 1. The van der Waals surface area contributed by atoms with Gasteiger partial charge in [0.05, 0.1) is 0 Å². The summed E-state index contributed by atoms with van der Waals surface area (Å²) in [5, 5.41) is 0. The molecule has 0 spiro atoms. The molecule has 0 bridgehead atoms. The number of likely N-dealkylation sites (tertiary alicyclic amines) is 1. The highest BCUT2D eigenvalue weighted by atomic mass is 16.2. The van der Waals surface area contributed by atoms with Gasteiger partial charge in [-0.3, -0.25) is 4.79 Å². The fourth-order valence-corrected chi connectivity index (χ4v) is 2.57. The summed E-state index contributed by atoms with van der Waals surface area (Å²) < 4.78 is 0. The van der Waals surface area contributed by atoms with Crippen LogP contribution in [0.4, 0.5) is 0 Å². The van der Waals surface area contributed by atoms with E-state index in [2.05, 4.69) is 6.58 Å². The van der Waals surface area contributed by atoms with Gasteiger partial charge in [-0.1, -0.05) is 24.3 Å². The van der Waals surface area contributed by atoms with Gasteiger partial charge in [-0.2, -0.15) is 0 Å². The van der Waals surface area contributed by atoms with E-state index in [0.29, 0.717) is 18.5 Å². The Bertz CT molecular complexity index is 455. The second-order valence-electron chi connectivity index (χ2n) is 4.64. The monoisotopic (exact) mass is 243 g/mol. The van der Waals surface area contributed by atoms with Crippen LogP contribution in [0, 0.1) is 0 Å². The molecule has 1 saturated heterocycles. The highest BCUT2D eigenvalue weighted by Crippen LogP contribution is 2.32. The van der Waals surface area contributed by atoms with Gasteiger partial charge in [0.15, 0.2) is 0 Å². The van der Waals surface area contributed by atoms with Crippen LogP contribution in [0.1, 0.15) is 29.6 Å². The summed E-state index contributed by atoms with van der Waals surface area (Å²) in [6.07, 6.45) is 4.73. The van der Waals surface area contributed by atoms with E-state index in [1.54, 1.807) is 23.1 Å². The zero-order chi connectivity index (χ0) is 13.0. The van der Waals surface area contributed by atoms with Crippen LogP contribution in [0.3, 0.4) is 0 Å². The zero-order valence-corrected chi connectivity index (χ0v) is 10.3. The quantitative estimate of drug-likeness (QED) is 0.601. The summed E-state index contributed by atoms with van der Waals surface area (Å²) in [5.41, 5.74) is -0.0519. The largest absolute Gasteiger partial charge is 0.326 e. The van der Waals surface area contributed by atoms with Gasteiger partial charge in [-0.15, -0.1) is 6.58 Å². The van der Waals surface area contributed by atoms with Crippen molar-refractivity contribution >= 4 is 12.2 Å². The molecule has 0 N–H and O–H groups in total. The molecule has 1 heterocycles. The van der Waals surface area contributed by atoms with Crippen LogP contribution in [0.15, 0.2) is 43.0 Å². The second kappa shape index (κ2) is 5.17. The SMILES string of the molecule is C=CCC1(C=O)CCCN1C(=O)c1ccccc1. The predicted molar refractivity (Wildman–Crippen MR) is 70.3 cm³/mol. The van der Waals surface area contributed by atoms with Crippen molar-refractivity contribution in [1.82, 2.24) is 4.90 Å². The second-order valence-corrected chi connectivity index (χ2v) is 4.64. The summed E-state index contributed by atoms with van der Waals surface area (Å²) in [6, 6.07) is 9.10. The third kappa shape index (κ3) is 2.08. The molecule has 1 aliphatic heterocycles. The van der Waals surface area contributed by atoms with Crippen molar-refractivity contribution in [2.45, 2.75) is 24.8 Å². The number of carbonyl (C=O) groups is 2. The van der Waals surface area contributed by atoms with E-state index >= 15 is 0 Å². The van der Waals surface area contributed by atoms with Crippen molar-refractivity contribution in [3.8, 4) is 0 Å². The molecular formula is C15H17NO2. The lowest BCUT2D eigenvalue weighted by molar-refractivity contribution is -0.115. The van der Waals surface area contributed by atoms with Crippen LogP contribution in [0.2, 0.25) is 0 Å². The van der Waals surface area contributed by atoms with E-state index < -0.39 is 5.54 Å². The summed E-state index contributed by atoms with van der Waals surface area (Å²) >= 11 is 0. The molecular weight excluding hydrogens is 226 g/mol. The van der Waals surface area contributed by atoms with Gasteiger partial charge in [-0.25, -0.2) is 0 Å². The number of amides is 1. The minimum atomic E-state index is -0.686. The van der Waals surface area contributed by atoms with Gasteiger partial charge in [0.2, 0.25) is 0 Å². The molecule has 1 amide bonds. The first-order chi connectivity index (χ1) is 8.73. The molecule has 1 atom stereocenters. The fraction of sp³-hybridized carbons (Fsp3) is 0.333. The highest BCUT2D eigenvalue weighted by molar-refractivity contribution is 5.96. The topological polar surface area (TPSA) is 37.4 Å². The molecule has 0 saturated carbocycles. The average molecular weight is 243 g/mol. The molecule has 18 heavy (non-hydrogen) atoms. The smallest absolute Gasteiger partial charge is 0.254 e. The van der Waals surface area contributed by atoms with Gasteiger partial charge in [0.1, 0.15) is 11.8 Å². The molecule has 1 fully saturated rings. The Morgan fingerprint density at radius 3 is 2.72 bits per heavy atom. The van der Waals surface area contributed by atoms with Crippen LogP contribution < -0.4 is 0 Å². The standard InChI is InChI=1S/C15H17NO2/c1-2-9-15(12-17)10-6-11-16(15)14(18)13-7-4-3-5-8-13/h2-5,7-8,12H,1,6,9-11H2. The van der Waals surface area contributed by atoms with Gasteiger partial charge < -0.3 is 9.69 Å². The maximum Gasteiger partial charge on any atom is 0.254 e. The van der Waals surface area contributed by atoms with Crippen LogP contribution in [-0.2, 0) is 4.79 Å². The fourth-order valence-electron chi connectivity index (χ4n) is 2.57. The minimum Gasteiger partial charge on any atom is -0.326 e. The molecule has 1 aromatic carbocycles. The summed E-state index contributed by atoms with van der Waals surface area (Å²) in [7, 11) is 0. The number of aldehydes is 1. The van der Waals surface area contributed by atoms with Crippen molar-refractivity contribution in [3.05, 3.63) is 48.6 Å². The first kappa shape index (κ1) is 12.6. The van der Waals surface area contributed by atoms with Gasteiger partial charge in [0, 0.05) is 12.1 Å². The zero-order valence-electron chi connectivity index (χ0n) is 10.3. The number of rotatable bonds is 4. The molecule has 94 valence electrons. The third-order valence-corrected chi connectivity index (χ3v) is 3.51. The van der Waals surface area contributed by atoms with Crippen LogP contribution >= 0.6 is 0 Å². The Kier molecular flexibility index (Phi) is 3.60. The van der Waals surface area contributed by atoms with Gasteiger partial charge in [0.25, 0.3) is 5.91 Å². The van der Waals surface area contributed by atoms with Crippen molar-refractivity contribution in [2.75, 3.05) is 6.54 Å². The first-order valence-electron chi connectivity index (χ1n) is 6.18. The maximum atomic E-state index is 12.4. The van der Waals surface area contributed by atoms with Crippen LogP contribution in [-0.4, -0.2) is 29.2 Å². The van der Waals surface area contributed by atoms with Gasteiger partial charge >= 0.3 is 0 Å². The van der Waals surface area contributed by atoms with Crippen molar-refractivity contribution < 1.29 is 9.59 Å². The Morgan fingerprint density at radius 2 is 2.11 bits per heavy atom. The van der Waals surface area contributed by atoms with E-state index in [0.717, 1.165) is 19.1 Å². The lowest BCUT2D eigenvalue weighted by atomic mass is 9.93. The minimum absolute atomic E-state index is 0.0675. The van der Waals surface area contributed by atoms with E-state index in [-0.39, 0.29) is 5.91 Å². The maximum absolute atomic E-state index is 12.4. The Hall–Kier alpha value is -1.90. The van der Waals surface area contributed by atoms with Crippen molar-refractivity contribution in [1.29, 1.82) is 0 Å². The number of benzene rings is 1. The van der Waals surface area contributed by atoms with Crippen molar-refractivity contribution in [3.63, 3.8) is 0 Å². The summed E-state index contributed by atoms with van der Waals surface area (Å²) in [6.45, 7) is 4.33. The van der Waals surface area contributed by atoms with E-state index in [1.807, 2.05) is 18.2 Å². The molecule has 3 heteroatoms. The molecule has 1 aliphatic rings. The van der Waals surface area contributed by atoms with Gasteiger partial charge in [-0.05, 0) is 31.4 Å². The summed E-state index contributed by atoms with van der Waals surface area (Å²) in [5.74, 6) is -0.0675. The van der Waals surface area contributed by atoms with E-state index in [4.69, 9.17) is 0 Å². The van der Waals surface area contributed by atoms with Crippen molar-refractivity contribution in [2.24, 2.45) is 0 Å². The Labute approximate surface area is 107 Å². The molecule has 2 rings (SSSR count). The predicted octanol–water partition coefficient (Wildman–Crippen LogP) is 2.44. The first-order valence-corrected chi connectivity index (χ1v) is 6.18. The average Bonchev–Trinajstić information content (AvgIpc) is 2.83. The van der Waals surface area contributed by atoms with Crippen LogP contribution in [0.25, 0.3) is 0 Å². The Balaban J connectivity index is 2.29. The molecule has 0 aliphatic carbocycles. The molecule has 0 radical (unpaired) electrons. The van der Waals surface area contributed by atoms with E-state index in [9.17, 15) is 9.59 Å². The third-order valence-electron chi connectivity index (χ3n) is 3.51. The number of carbonyl (C=O) groups excluding carboxylic acids is 2. The highest BCUT2D eigenvalue weighted by Gasteiger charge is 2.42. The van der Waals surface area contributed by atoms with E-state index in [1.165, 1.54) is 0 Å².